The molecule has 0 aliphatic rings. The summed E-state index contributed by atoms with van der Waals surface area (Å²) in [4.78, 5) is 0. The molecule has 7 heteroatoms. The number of hydrogen-bond donors (Lipinski definition) is 2. The average molecular weight is 343 g/mol. The summed E-state index contributed by atoms with van der Waals surface area (Å²) in [5, 5.41) is 12.0. The minimum atomic E-state index is 0.456. The second-order valence-electron chi connectivity index (χ2n) is 4.68. The fourth-order valence-electron chi connectivity index (χ4n) is 2.01. The molecule has 0 aliphatic heterocycles. The molecule has 2 N–H and O–H groups in total. The van der Waals surface area contributed by atoms with E-state index in [1.54, 1.807) is 6.07 Å². The molecule has 21 heavy (non-hydrogen) atoms. The van der Waals surface area contributed by atoms with Gasteiger partial charge in [-0.2, -0.15) is 5.10 Å². The second-order valence-corrected chi connectivity index (χ2v) is 5.88. The third-order valence-corrected chi connectivity index (χ3v) is 4.35. The average Bonchev–Trinajstić information content (AvgIpc) is 2.67. The maximum absolute atomic E-state index is 6.11. The Bertz CT molecular complexity index is 682. The lowest BCUT2D eigenvalue weighted by Gasteiger charge is -2.12. The van der Waals surface area contributed by atoms with Gasteiger partial charge in [-0.3, -0.25) is 4.68 Å². The molecule has 2 aromatic rings. The number of benzene rings is 1. The number of nitrogens with zero attached hydrogens (tertiary/aromatic N) is 2. The van der Waals surface area contributed by atoms with Crippen LogP contribution in [0.25, 0.3) is 0 Å². The van der Waals surface area contributed by atoms with Gasteiger partial charge < -0.3 is 10.6 Å². The normalized spacial score (nSPS) is 10.5. The summed E-state index contributed by atoms with van der Waals surface area (Å²) in [6.45, 7) is 4.62. The standard InChI is InChI=1S/C14H16Cl2N4S/c1-8-10(9(2)20(3)19-8)7-17-14(21)18-12-6-4-5-11(15)13(12)16/h4-6H,7H2,1-3H3,(H2,17,18,21). The van der Waals surface area contributed by atoms with E-state index in [0.717, 1.165) is 17.0 Å². The second kappa shape index (κ2) is 6.64. The number of anilines is 1. The van der Waals surface area contributed by atoms with Crippen LogP contribution in [0.1, 0.15) is 17.0 Å². The number of hydrogen-bond acceptors (Lipinski definition) is 2. The molecule has 1 heterocycles. The van der Waals surface area contributed by atoms with E-state index in [4.69, 9.17) is 35.4 Å². The van der Waals surface area contributed by atoms with Gasteiger partial charge in [0, 0.05) is 24.8 Å². The van der Waals surface area contributed by atoms with Gasteiger partial charge >= 0.3 is 0 Å². The summed E-state index contributed by atoms with van der Waals surface area (Å²) in [6.07, 6.45) is 0. The van der Waals surface area contributed by atoms with Crippen LogP contribution in [0.4, 0.5) is 5.69 Å². The fourth-order valence-corrected chi connectivity index (χ4v) is 2.54. The Morgan fingerprint density at radius 1 is 1.33 bits per heavy atom. The van der Waals surface area contributed by atoms with Crippen LogP contribution in [0, 0.1) is 13.8 Å². The van der Waals surface area contributed by atoms with E-state index in [-0.39, 0.29) is 0 Å². The van der Waals surface area contributed by atoms with Crippen molar-refractivity contribution in [3.63, 3.8) is 0 Å². The van der Waals surface area contributed by atoms with Crippen molar-refractivity contribution in [1.29, 1.82) is 0 Å². The zero-order chi connectivity index (χ0) is 15.6. The van der Waals surface area contributed by atoms with E-state index in [2.05, 4.69) is 15.7 Å². The van der Waals surface area contributed by atoms with E-state index < -0.39 is 0 Å². The lowest BCUT2D eigenvalue weighted by molar-refractivity contribution is 0.729. The van der Waals surface area contributed by atoms with Crippen molar-refractivity contribution in [3.05, 3.63) is 45.2 Å². The molecule has 112 valence electrons. The van der Waals surface area contributed by atoms with Crippen molar-refractivity contribution in [1.82, 2.24) is 15.1 Å². The summed E-state index contributed by atoms with van der Waals surface area (Å²) in [7, 11) is 1.92. The van der Waals surface area contributed by atoms with Gasteiger partial charge in [0.15, 0.2) is 5.11 Å². The maximum atomic E-state index is 6.11. The Kier molecular flexibility index (Phi) is 5.08. The van der Waals surface area contributed by atoms with Crippen molar-refractivity contribution >= 4 is 46.2 Å². The molecule has 0 fully saturated rings. The number of rotatable bonds is 3. The summed E-state index contributed by atoms with van der Waals surface area (Å²) < 4.78 is 1.86. The topological polar surface area (TPSA) is 41.9 Å². The molecule has 0 saturated heterocycles. The number of aromatic nitrogens is 2. The quantitative estimate of drug-likeness (QED) is 0.831. The maximum Gasteiger partial charge on any atom is 0.171 e. The molecule has 4 nitrogen and oxygen atoms in total. The minimum absolute atomic E-state index is 0.456. The Labute approximate surface area is 139 Å². The zero-order valence-corrected chi connectivity index (χ0v) is 14.3. The molecule has 1 aromatic heterocycles. The highest BCUT2D eigenvalue weighted by molar-refractivity contribution is 7.80. The predicted octanol–water partition coefficient (Wildman–Crippen LogP) is 3.83. The summed E-state index contributed by atoms with van der Waals surface area (Å²) >= 11 is 17.4. The fraction of sp³-hybridized carbons (Fsp3) is 0.286. The van der Waals surface area contributed by atoms with Gasteiger partial charge in [-0.05, 0) is 38.2 Å². The third-order valence-electron chi connectivity index (χ3n) is 3.28. The first-order chi connectivity index (χ1) is 9.90. The molecular weight excluding hydrogens is 327 g/mol. The van der Waals surface area contributed by atoms with Crippen LogP contribution in [-0.2, 0) is 13.6 Å². The SMILES string of the molecule is Cc1nn(C)c(C)c1CNC(=S)Nc1cccc(Cl)c1Cl. The summed E-state index contributed by atoms with van der Waals surface area (Å²) in [5.74, 6) is 0. The van der Waals surface area contributed by atoms with Crippen LogP contribution in [0.15, 0.2) is 18.2 Å². The molecule has 0 aliphatic carbocycles. The van der Waals surface area contributed by atoms with Crippen LogP contribution in [0.5, 0.6) is 0 Å². The van der Waals surface area contributed by atoms with Crippen LogP contribution in [-0.4, -0.2) is 14.9 Å². The van der Waals surface area contributed by atoms with Gasteiger partial charge in [-0.15, -0.1) is 0 Å². The lowest BCUT2D eigenvalue weighted by atomic mass is 10.2. The molecule has 1 aromatic carbocycles. The first kappa shape index (κ1) is 16.1. The number of nitrogens with one attached hydrogen (secondary N) is 2. The zero-order valence-electron chi connectivity index (χ0n) is 12.0. The van der Waals surface area contributed by atoms with Crippen molar-refractivity contribution in [2.75, 3.05) is 5.32 Å². The molecule has 0 radical (unpaired) electrons. The smallest absolute Gasteiger partial charge is 0.171 e. The van der Waals surface area contributed by atoms with E-state index in [1.807, 2.05) is 37.7 Å². The van der Waals surface area contributed by atoms with Gasteiger partial charge in [-0.1, -0.05) is 29.3 Å². The van der Waals surface area contributed by atoms with E-state index in [9.17, 15) is 0 Å². The molecular formula is C14H16Cl2N4S. The number of halogens is 2. The Morgan fingerprint density at radius 3 is 2.67 bits per heavy atom. The van der Waals surface area contributed by atoms with Gasteiger partial charge in [0.1, 0.15) is 0 Å². The largest absolute Gasteiger partial charge is 0.358 e. The van der Waals surface area contributed by atoms with Crippen molar-refractivity contribution < 1.29 is 0 Å². The van der Waals surface area contributed by atoms with E-state index in [0.29, 0.717) is 27.4 Å². The van der Waals surface area contributed by atoms with Crippen molar-refractivity contribution in [2.24, 2.45) is 7.05 Å². The lowest BCUT2D eigenvalue weighted by Crippen LogP contribution is -2.28. The third kappa shape index (κ3) is 3.67. The highest BCUT2D eigenvalue weighted by Gasteiger charge is 2.10. The van der Waals surface area contributed by atoms with Gasteiger partial charge in [0.25, 0.3) is 0 Å². The highest BCUT2D eigenvalue weighted by Crippen LogP contribution is 2.29. The van der Waals surface area contributed by atoms with Crippen LogP contribution < -0.4 is 10.6 Å². The number of aryl methyl sites for hydroxylation is 2. The number of thiocarbonyl (C=S) groups is 1. The molecule has 0 bridgehead atoms. The molecule has 0 spiro atoms. The van der Waals surface area contributed by atoms with Crippen LogP contribution in [0.3, 0.4) is 0 Å². The minimum Gasteiger partial charge on any atom is -0.358 e. The molecule has 0 unspecified atom stereocenters. The first-order valence-electron chi connectivity index (χ1n) is 6.38. The van der Waals surface area contributed by atoms with Crippen molar-refractivity contribution in [3.8, 4) is 0 Å². The Hall–Kier alpha value is -1.30. The highest BCUT2D eigenvalue weighted by atomic mass is 35.5. The van der Waals surface area contributed by atoms with Crippen LogP contribution >= 0.6 is 35.4 Å². The molecule has 2 rings (SSSR count). The van der Waals surface area contributed by atoms with E-state index >= 15 is 0 Å². The summed E-state index contributed by atoms with van der Waals surface area (Å²) in [6, 6.07) is 5.37. The summed E-state index contributed by atoms with van der Waals surface area (Å²) in [5.41, 5.74) is 3.93. The molecule has 0 amide bonds. The Morgan fingerprint density at radius 2 is 2.05 bits per heavy atom. The van der Waals surface area contributed by atoms with Gasteiger partial charge in [0.05, 0.1) is 21.4 Å². The molecule has 0 saturated carbocycles. The monoisotopic (exact) mass is 342 g/mol. The Balaban J connectivity index is 2.01. The van der Waals surface area contributed by atoms with E-state index in [1.165, 1.54) is 0 Å². The van der Waals surface area contributed by atoms with Gasteiger partial charge in [-0.25, -0.2) is 0 Å². The van der Waals surface area contributed by atoms with Crippen LogP contribution in [0.2, 0.25) is 10.0 Å². The van der Waals surface area contributed by atoms with Gasteiger partial charge in [0.2, 0.25) is 0 Å². The first-order valence-corrected chi connectivity index (χ1v) is 7.54. The predicted molar refractivity (Wildman–Crippen MR) is 92.2 cm³/mol. The molecule has 0 atom stereocenters. The van der Waals surface area contributed by atoms with Crippen molar-refractivity contribution in [2.45, 2.75) is 20.4 Å².